The van der Waals surface area contributed by atoms with Crippen LogP contribution in [0.5, 0.6) is 0 Å². The van der Waals surface area contributed by atoms with Crippen LogP contribution in [0.3, 0.4) is 0 Å². The average Bonchev–Trinajstić information content (AvgIpc) is 3.69. The Kier molecular flexibility index (Phi) is 13.0. The number of carbonyl (C=O) groups is 5. The molecule has 2 N–H and O–H groups in total. The van der Waals surface area contributed by atoms with Crippen molar-refractivity contribution in [3.63, 3.8) is 0 Å². The molecule has 0 radical (unpaired) electrons. The predicted molar refractivity (Wildman–Crippen MR) is 179 cm³/mol. The Bertz CT molecular complexity index is 1630. The Labute approximate surface area is 292 Å². The van der Waals surface area contributed by atoms with Crippen LogP contribution >= 0.6 is 15.9 Å². The van der Waals surface area contributed by atoms with E-state index < -0.39 is 59.8 Å². The van der Waals surface area contributed by atoms with Crippen molar-refractivity contribution in [2.24, 2.45) is 0 Å². The first kappa shape index (κ1) is 37.1. The van der Waals surface area contributed by atoms with E-state index in [0.29, 0.717) is 17.1 Å². The zero-order chi connectivity index (χ0) is 35.6. The third-order valence-corrected chi connectivity index (χ3v) is 7.89. The van der Waals surface area contributed by atoms with E-state index in [0.717, 1.165) is 5.56 Å². The van der Waals surface area contributed by atoms with Crippen LogP contribution in [0.15, 0.2) is 54.6 Å². The van der Waals surface area contributed by atoms with Gasteiger partial charge < -0.3 is 24.8 Å². The Balaban J connectivity index is 1.58. The molecule has 3 amide bonds. The van der Waals surface area contributed by atoms with Crippen molar-refractivity contribution in [3.8, 4) is 0 Å². The summed E-state index contributed by atoms with van der Waals surface area (Å²) in [5, 5.41) is 17.3. The van der Waals surface area contributed by atoms with Gasteiger partial charge in [-0.1, -0.05) is 64.5 Å². The summed E-state index contributed by atoms with van der Waals surface area (Å²) in [5.41, 5.74) is 1.14. The van der Waals surface area contributed by atoms with Gasteiger partial charge in [0.25, 0.3) is 0 Å². The molecule has 3 aromatic rings. The summed E-state index contributed by atoms with van der Waals surface area (Å²) in [6.45, 7) is 5.14. The van der Waals surface area contributed by atoms with Gasteiger partial charge >= 0.3 is 12.1 Å². The summed E-state index contributed by atoms with van der Waals surface area (Å²) in [6.07, 6.45) is -0.924. The van der Waals surface area contributed by atoms with Gasteiger partial charge in [-0.3, -0.25) is 24.1 Å². The number of methoxy groups -OCH3 is 1. The van der Waals surface area contributed by atoms with E-state index in [9.17, 15) is 24.0 Å². The molecule has 16 heteroatoms. The second-order valence-electron chi connectivity index (χ2n) is 12.3. The number of alkyl carbamates (subject to hydrolysis) is 1. The molecule has 1 aliphatic rings. The zero-order valence-electron chi connectivity index (χ0n) is 27.8. The highest BCUT2D eigenvalue weighted by Gasteiger charge is 2.42. The summed E-state index contributed by atoms with van der Waals surface area (Å²) in [6, 6.07) is 12.6. The van der Waals surface area contributed by atoms with Gasteiger partial charge in [0.15, 0.2) is 18.3 Å². The third kappa shape index (κ3) is 10.6. The van der Waals surface area contributed by atoms with E-state index in [1.165, 1.54) is 16.8 Å². The lowest BCUT2D eigenvalue weighted by Gasteiger charge is -2.30. The van der Waals surface area contributed by atoms with Crippen LogP contribution in [0.1, 0.15) is 50.6 Å². The van der Waals surface area contributed by atoms with Crippen molar-refractivity contribution in [1.29, 1.82) is 0 Å². The minimum atomic E-state index is -1.20. The molecule has 2 aromatic carbocycles. The molecule has 0 spiro atoms. The number of benzene rings is 2. The van der Waals surface area contributed by atoms with E-state index in [2.05, 4.69) is 42.0 Å². The largest absolute Gasteiger partial charge is 0.460 e. The summed E-state index contributed by atoms with van der Waals surface area (Å²) < 4.78 is 15.8. The number of fused-ring (bicyclic) bond motifs is 1. The maximum atomic E-state index is 14.4. The number of amides is 3. The van der Waals surface area contributed by atoms with Crippen molar-refractivity contribution in [1.82, 2.24) is 30.8 Å². The number of ketones is 1. The molecule has 4 rings (SSSR count). The summed E-state index contributed by atoms with van der Waals surface area (Å²) in [7, 11) is 1.48. The first-order valence-corrected chi connectivity index (χ1v) is 16.8. The molecule has 0 saturated carbocycles. The first-order valence-electron chi connectivity index (χ1n) is 15.6. The molecule has 0 saturated heterocycles. The topological polar surface area (TPSA) is 184 Å². The van der Waals surface area contributed by atoms with Gasteiger partial charge in [-0.2, -0.15) is 0 Å². The Morgan fingerprint density at radius 1 is 1.00 bits per heavy atom. The number of hydrogen-bond acceptors (Lipinski definition) is 11. The van der Waals surface area contributed by atoms with Gasteiger partial charge in [-0.15, -0.1) is 15.0 Å². The third-order valence-electron chi connectivity index (χ3n) is 7.34. The maximum Gasteiger partial charge on any atom is 0.408 e. The number of nitrogens with zero attached hydrogens (tertiary/aromatic N) is 5. The number of ether oxygens (including phenoxy) is 3. The highest BCUT2D eigenvalue weighted by molar-refractivity contribution is 9.09. The molecule has 0 fully saturated rings. The number of hydrogen-bond donors (Lipinski definition) is 2. The lowest BCUT2D eigenvalue weighted by atomic mass is 10.1. The summed E-state index contributed by atoms with van der Waals surface area (Å²) >= 11 is 3.12. The van der Waals surface area contributed by atoms with Gasteiger partial charge in [-0.25, -0.2) is 4.79 Å². The molecule has 2 heterocycles. The fourth-order valence-electron chi connectivity index (χ4n) is 5.18. The van der Waals surface area contributed by atoms with E-state index in [-0.39, 0.29) is 37.9 Å². The van der Waals surface area contributed by atoms with Crippen LogP contribution in [0.25, 0.3) is 0 Å². The quantitative estimate of drug-likeness (QED) is 0.172. The van der Waals surface area contributed by atoms with Gasteiger partial charge in [0.2, 0.25) is 11.8 Å². The van der Waals surface area contributed by atoms with Gasteiger partial charge in [0.1, 0.15) is 24.3 Å². The number of esters is 1. The van der Waals surface area contributed by atoms with Crippen molar-refractivity contribution in [2.45, 2.75) is 83.5 Å². The number of aromatic nitrogens is 4. The fourth-order valence-corrected chi connectivity index (χ4v) is 5.57. The van der Waals surface area contributed by atoms with Crippen molar-refractivity contribution >= 4 is 51.3 Å². The molecule has 1 aromatic heterocycles. The van der Waals surface area contributed by atoms with Crippen LogP contribution in [0, 0.1) is 0 Å². The smallest absolute Gasteiger partial charge is 0.408 e. The van der Waals surface area contributed by atoms with Crippen LogP contribution in [0.4, 0.5) is 10.5 Å². The SMILES string of the molecule is COCn1nnc(CC[C@H](NC(=O)OCc2ccccc2)C(=O)N2c3ccccc3C[C@H]2C(=O)N[C@@H](CC(=O)OC(C)(C)C)C(=O)CBr)n1. The molecular formula is C33H40BrN7O8. The Morgan fingerprint density at radius 3 is 2.41 bits per heavy atom. The summed E-state index contributed by atoms with van der Waals surface area (Å²) in [5.74, 6) is -2.04. The number of rotatable bonds is 15. The van der Waals surface area contributed by atoms with E-state index in [1.807, 2.05) is 18.2 Å². The number of alkyl halides is 1. The molecule has 0 bridgehead atoms. The normalized spacial score (nSPS) is 15.1. The highest BCUT2D eigenvalue weighted by Crippen LogP contribution is 2.33. The molecule has 3 atom stereocenters. The fraction of sp³-hybridized carbons (Fsp3) is 0.455. The van der Waals surface area contributed by atoms with Crippen LogP contribution in [-0.4, -0.2) is 86.0 Å². The van der Waals surface area contributed by atoms with Crippen molar-refractivity contribution < 1.29 is 38.2 Å². The molecule has 262 valence electrons. The molecule has 49 heavy (non-hydrogen) atoms. The average molecular weight is 743 g/mol. The number of anilines is 1. The minimum absolute atomic E-state index is 0.0291. The molecule has 1 aliphatic heterocycles. The zero-order valence-corrected chi connectivity index (χ0v) is 29.3. The Morgan fingerprint density at radius 2 is 1.71 bits per heavy atom. The molecular weight excluding hydrogens is 702 g/mol. The minimum Gasteiger partial charge on any atom is -0.460 e. The van der Waals surface area contributed by atoms with Gasteiger partial charge in [-0.05, 0) is 49.6 Å². The van der Waals surface area contributed by atoms with Crippen molar-refractivity contribution in [2.75, 3.05) is 17.3 Å². The first-order chi connectivity index (χ1) is 23.4. The predicted octanol–water partition coefficient (Wildman–Crippen LogP) is 2.64. The second kappa shape index (κ2) is 17.1. The van der Waals surface area contributed by atoms with Crippen LogP contribution in [-0.2, 0) is 59.6 Å². The van der Waals surface area contributed by atoms with Crippen LogP contribution in [0.2, 0.25) is 0 Å². The van der Waals surface area contributed by atoms with Gasteiger partial charge in [0, 0.05) is 25.6 Å². The van der Waals surface area contributed by atoms with E-state index in [1.54, 1.807) is 57.2 Å². The molecule has 15 nitrogen and oxygen atoms in total. The lowest BCUT2D eigenvalue weighted by Crippen LogP contribution is -2.57. The Hall–Kier alpha value is -4.70. The molecule has 0 aliphatic carbocycles. The molecule has 0 unspecified atom stereocenters. The highest BCUT2D eigenvalue weighted by atomic mass is 79.9. The number of halogens is 1. The maximum absolute atomic E-state index is 14.4. The standard InChI is InChI=1S/C33H40BrN7O8/c1-33(2,3)49-29(43)17-24(27(42)18-34)35-30(44)26-16-22-12-8-9-13-25(22)41(26)31(45)23(14-15-28-37-39-40(38-28)20-47-4)36-32(46)48-19-21-10-6-5-7-11-21/h5-13,23-24,26H,14-20H2,1-4H3,(H,35,44)(H,36,46)/t23-,24-,26-/m0/s1. The van der Waals surface area contributed by atoms with Gasteiger partial charge in [0.05, 0.1) is 17.8 Å². The van der Waals surface area contributed by atoms with Crippen molar-refractivity contribution in [3.05, 3.63) is 71.5 Å². The number of carbonyl (C=O) groups excluding carboxylic acids is 5. The number of Topliss-reactive ketones (excluding diaryl/α,β-unsaturated/α-hetero) is 1. The monoisotopic (exact) mass is 741 g/mol. The number of para-hydroxylation sites is 1. The number of nitrogens with one attached hydrogen (secondary N) is 2. The van der Waals surface area contributed by atoms with E-state index in [4.69, 9.17) is 14.2 Å². The number of aryl methyl sites for hydroxylation is 1. The van der Waals surface area contributed by atoms with Crippen LogP contribution < -0.4 is 15.5 Å². The summed E-state index contributed by atoms with van der Waals surface area (Å²) in [4.78, 5) is 69.3. The second-order valence-corrected chi connectivity index (χ2v) is 12.9. The number of tetrazole rings is 1. The van der Waals surface area contributed by atoms with E-state index >= 15 is 0 Å². The lowest BCUT2D eigenvalue weighted by molar-refractivity contribution is -0.156.